The van der Waals surface area contributed by atoms with Gasteiger partial charge in [0.25, 0.3) is 0 Å². The van der Waals surface area contributed by atoms with Crippen LogP contribution in [0, 0.1) is 0 Å². The Morgan fingerprint density at radius 2 is 0.556 bits per heavy atom. The van der Waals surface area contributed by atoms with Crippen LogP contribution in [0.15, 0.2) is 0 Å². The van der Waals surface area contributed by atoms with E-state index in [9.17, 15) is 0 Å². The maximum Gasteiger partial charge on any atom is 0.0487 e. The molecule has 0 aromatic heterocycles. The molecule has 0 rings (SSSR count). The standard InChI is InChI=1S/C25H52O2/c1-3-5-7-9-11-13-15-17-19-22-26-24-21-25-27-23-20-18-16-14-12-10-8-6-4-2/h3-25H2,1-2H3. The molecule has 2 heteroatoms. The van der Waals surface area contributed by atoms with Gasteiger partial charge in [-0.15, -0.1) is 0 Å². The summed E-state index contributed by atoms with van der Waals surface area (Å²) in [5.41, 5.74) is 0. The highest BCUT2D eigenvalue weighted by molar-refractivity contribution is 4.48. The largest absolute Gasteiger partial charge is 0.381 e. The second-order valence-electron chi connectivity index (χ2n) is 8.24. The number of hydrogen-bond acceptors (Lipinski definition) is 2. The van der Waals surface area contributed by atoms with E-state index in [4.69, 9.17) is 9.47 Å². The van der Waals surface area contributed by atoms with Gasteiger partial charge in [-0.3, -0.25) is 0 Å². The highest BCUT2D eigenvalue weighted by atomic mass is 16.5. The van der Waals surface area contributed by atoms with Crippen LogP contribution >= 0.6 is 0 Å². The van der Waals surface area contributed by atoms with E-state index < -0.39 is 0 Å². The molecule has 164 valence electrons. The Morgan fingerprint density at radius 3 is 0.889 bits per heavy atom. The number of hydrogen-bond donors (Lipinski definition) is 0. The molecule has 0 aliphatic rings. The summed E-state index contributed by atoms with van der Waals surface area (Å²) in [6, 6.07) is 0. The first-order valence-electron chi connectivity index (χ1n) is 12.6. The topological polar surface area (TPSA) is 18.5 Å². The molecule has 0 aliphatic heterocycles. The lowest BCUT2D eigenvalue weighted by atomic mass is 10.1. The minimum atomic E-state index is 0.870. The predicted molar refractivity (Wildman–Crippen MR) is 121 cm³/mol. The van der Waals surface area contributed by atoms with Crippen LogP contribution in [0.2, 0.25) is 0 Å². The van der Waals surface area contributed by atoms with Crippen molar-refractivity contribution < 1.29 is 9.47 Å². The normalized spacial score (nSPS) is 11.3. The SMILES string of the molecule is CCCCCCCCCCCOCCCOCCCCCCCCCCC. The molecule has 0 atom stereocenters. The van der Waals surface area contributed by atoms with Crippen LogP contribution in [0.3, 0.4) is 0 Å². The van der Waals surface area contributed by atoms with Gasteiger partial charge in [0.1, 0.15) is 0 Å². The van der Waals surface area contributed by atoms with E-state index in [0.717, 1.165) is 32.8 Å². The van der Waals surface area contributed by atoms with Gasteiger partial charge in [0.05, 0.1) is 0 Å². The molecular formula is C25H52O2. The second kappa shape index (κ2) is 25.9. The van der Waals surface area contributed by atoms with E-state index >= 15 is 0 Å². The van der Waals surface area contributed by atoms with Crippen molar-refractivity contribution in [1.82, 2.24) is 0 Å². The van der Waals surface area contributed by atoms with Gasteiger partial charge in [-0.2, -0.15) is 0 Å². The molecule has 0 bridgehead atoms. The minimum Gasteiger partial charge on any atom is -0.381 e. The number of ether oxygens (including phenoxy) is 2. The summed E-state index contributed by atoms with van der Waals surface area (Å²) in [7, 11) is 0. The van der Waals surface area contributed by atoms with E-state index in [1.807, 2.05) is 0 Å². The van der Waals surface area contributed by atoms with Crippen LogP contribution in [-0.4, -0.2) is 26.4 Å². The summed E-state index contributed by atoms with van der Waals surface area (Å²) in [5, 5.41) is 0. The minimum absolute atomic E-state index is 0.870. The molecule has 0 spiro atoms. The van der Waals surface area contributed by atoms with E-state index in [1.54, 1.807) is 0 Å². The van der Waals surface area contributed by atoms with Gasteiger partial charge in [0, 0.05) is 26.4 Å². The number of unbranched alkanes of at least 4 members (excludes halogenated alkanes) is 16. The molecular weight excluding hydrogens is 332 g/mol. The fourth-order valence-corrected chi connectivity index (χ4v) is 3.50. The Bertz CT molecular complexity index is 218. The van der Waals surface area contributed by atoms with Crippen molar-refractivity contribution in [2.75, 3.05) is 26.4 Å². The monoisotopic (exact) mass is 384 g/mol. The Balaban J connectivity index is 2.95. The zero-order valence-electron chi connectivity index (χ0n) is 19.1. The lowest BCUT2D eigenvalue weighted by Crippen LogP contribution is -2.03. The maximum absolute atomic E-state index is 5.71. The molecule has 0 amide bonds. The molecule has 27 heavy (non-hydrogen) atoms. The Labute approximate surface area is 172 Å². The molecule has 0 aromatic rings. The first-order chi connectivity index (χ1) is 13.4. The van der Waals surface area contributed by atoms with E-state index in [-0.39, 0.29) is 0 Å². The maximum atomic E-state index is 5.71. The molecule has 0 fully saturated rings. The molecule has 0 unspecified atom stereocenters. The molecule has 0 heterocycles. The van der Waals surface area contributed by atoms with Crippen molar-refractivity contribution in [3.05, 3.63) is 0 Å². The van der Waals surface area contributed by atoms with E-state index in [2.05, 4.69) is 13.8 Å². The van der Waals surface area contributed by atoms with Crippen molar-refractivity contribution in [1.29, 1.82) is 0 Å². The molecule has 0 aliphatic carbocycles. The van der Waals surface area contributed by atoms with Gasteiger partial charge in [-0.25, -0.2) is 0 Å². The highest BCUT2D eigenvalue weighted by Gasteiger charge is 1.95. The summed E-state index contributed by atoms with van der Waals surface area (Å²) >= 11 is 0. The lowest BCUT2D eigenvalue weighted by molar-refractivity contribution is 0.0794. The van der Waals surface area contributed by atoms with E-state index in [0.29, 0.717) is 0 Å². The smallest absolute Gasteiger partial charge is 0.0487 e. The van der Waals surface area contributed by atoms with Crippen LogP contribution in [0.4, 0.5) is 0 Å². The third-order valence-electron chi connectivity index (χ3n) is 5.36. The molecule has 0 aromatic carbocycles. The van der Waals surface area contributed by atoms with E-state index in [1.165, 1.54) is 116 Å². The first kappa shape index (κ1) is 26.9. The third kappa shape index (κ3) is 25.9. The zero-order valence-corrected chi connectivity index (χ0v) is 19.1. The summed E-state index contributed by atoms with van der Waals surface area (Å²) in [6.07, 6.45) is 25.9. The van der Waals surface area contributed by atoms with Crippen LogP contribution in [0.5, 0.6) is 0 Å². The Kier molecular flexibility index (Phi) is 25.8. The van der Waals surface area contributed by atoms with Gasteiger partial charge >= 0.3 is 0 Å². The zero-order chi connectivity index (χ0) is 19.7. The molecule has 0 radical (unpaired) electrons. The molecule has 0 saturated carbocycles. The van der Waals surface area contributed by atoms with Gasteiger partial charge in [0.2, 0.25) is 0 Å². The Hall–Kier alpha value is -0.0800. The van der Waals surface area contributed by atoms with Crippen molar-refractivity contribution in [2.24, 2.45) is 0 Å². The molecule has 2 nitrogen and oxygen atoms in total. The van der Waals surface area contributed by atoms with Gasteiger partial charge in [-0.1, -0.05) is 117 Å². The van der Waals surface area contributed by atoms with Crippen molar-refractivity contribution in [3.8, 4) is 0 Å². The van der Waals surface area contributed by atoms with Crippen molar-refractivity contribution in [2.45, 2.75) is 136 Å². The number of rotatable bonds is 24. The third-order valence-corrected chi connectivity index (χ3v) is 5.36. The van der Waals surface area contributed by atoms with Crippen molar-refractivity contribution in [3.63, 3.8) is 0 Å². The van der Waals surface area contributed by atoms with Gasteiger partial charge < -0.3 is 9.47 Å². The highest BCUT2D eigenvalue weighted by Crippen LogP contribution is 2.10. The average Bonchev–Trinajstić information content (AvgIpc) is 2.68. The summed E-state index contributed by atoms with van der Waals surface area (Å²) in [6.45, 7) is 8.18. The van der Waals surface area contributed by atoms with Crippen molar-refractivity contribution >= 4 is 0 Å². The second-order valence-corrected chi connectivity index (χ2v) is 8.24. The van der Waals surface area contributed by atoms with Gasteiger partial charge in [0.15, 0.2) is 0 Å². The lowest BCUT2D eigenvalue weighted by Gasteiger charge is -2.06. The molecule has 0 N–H and O–H groups in total. The van der Waals surface area contributed by atoms with Crippen LogP contribution in [0.1, 0.15) is 136 Å². The fourth-order valence-electron chi connectivity index (χ4n) is 3.50. The predicted octanol–water partition coefficient (Wildman–Crippen LogP) is 8.47. The van der Waals surface area contributed by atoms with Crippen LogP contribution < -0.4 is 0 Å². The van der Waals surface area contributed by atoms with Crippen LogP contribution in [0.25, 0.3) is 0 Å². The fraction of sp³-hybridized carbons (Fsp3) is 1.00. The Morgan fingerprint density at radius 1 is 0.296 bits per heavy atom. The van der Waals surface area contributed by atoms with Crippen LogP contribution in [-0.2, 0) is 9.47 Å². The summed E-state index contributed by atoms with van der Waals surface area (Å²) < 4.78 is 11.4. The first-order valence-corrected chi connectivity index (χ1v) is 12.6. The molecule has 0 saturated heterocycles. The summed E-state index contributed by atoms with van der Waals surface area (Å²) in [5.74, 6) is 0. The summed E-state index contributed by atoms with van der Waals surface area (Å²) in [4.78, 5) is 0. The average molecular weight is 385 g/mol. The quantitative estimate of drug-likeness (QED) is 0.155. The van der Waals surface area contributed by atoms with Gasteiger partial charge in [-0.05, 0) is 19.3 Å².